The fourth-order valence-corrected chi connectivity index (χ4v) is 5.84. The molecule has 1 aromatic heterocycles. The average molecular weight is 635 g/mol. The number of carboxylic acid groups (broad SMARTS) is 1. The van der Waals surface area contributed by atoms with E-state index in [2.05, 4.69) is 10.3 Å². The number of anilines is 2. The molecule has 0 aliphatic carbocycles. The van der Waals surface area contributed by atoms with E-state index < -0.39 is 47.0 Å². The maximum atomic E-state index is 13.6. The molecule has 4 amide bonds. The number of carbonyl (C=O) groups is 4. The van der Waals surface area contributed by atoms with Crippen molar-refractivity contribution < 1.29 is 37.5 Å². The molecule has 0 spiro atoms. The highest BCUT2D eigenvalue weighted by Crippen LogP contribution is 2.37. The minimum Gasteiger partial charge on any atom is -0.481 e. The second-order valence-corrected chi connectivity index (χ2v) is 11.3. The van der Waals surface area contributed by atoms with Crippen molar-refractivity contribution in [3.8, 4) is 0 Å². The fourth-order valence-electron chi connectivity index (χ4n) is 4.49. The zero-order valence-electron chi connectivity index (χ0n) is 21.1. The molecule has 2 heterocycles. The number of alkyl halides is 3. The van der Waals surface area contributed by atoms with E-state index in [-0.39, 0.29) is 29.9 Å². The van der Waals surface area contributed by atoms with E-state index in [1.165, 1.54) is 40.5 Å². The van der Waals surface area contributed by atoms with Crippen molar-refractivity contribution in [1.82, 2.24) is 9.88 Å². The Kier molecular flexibility index (Phi) is 7.79. The number of para-hydroxylation sites is 1. The summed E-state index contributed by atoms with van der Waals surface area (Å²) in [6.45, 7) is -0.461. The first kappa shape index (κ1) is 29.2. The summed E-state index contributed by atoms with van der Waals surface area (Å²) in [6, 6.07) is 11.7. The maximum Gasteiger partial charge on any atom is 0.417 e. The van der Waals surface area contributed by atoms with E-state index in [4.69, 9.17) is 28.9 Å². The summed E-state index contributed by atoms with van der Waals surface area (Å²) >= 11 is 12.3. The van der Waals surface area contributed by atoms with Crippen molar-refractivity contribution in [1.29, 1.82) is 0 Å². The molecule has 42 heavy (non-hydrogen) atoms. The molecule has 3 aromatic carbocycles. The zero-order valence-corrected chi connectivity index (χ0v) is 23.5. The van der Waals surface area contributed by atoms with E-state index in [1.54, 1.807) is 18.2 Å². The van der Waals surface area contributed by atoms with Crippen LogP contribution in [0.15, 0.2) is 54.6 Å². The van der Waals surface area contributed by atoms with Crippen molar-refractivity contribution in [2.75, 3.05) is 16.8 Å². The molecule has 0 unspecified atom stereocenters. The molecule has 4 aromatic rings. The first-order valence-corrected chi connectivity index (χ1v) is 13.7. The van der Waals surface area contributed by atoms with Crippen LogP contribution in [0.4, 0.5) is 29.3 Å². The van der Waals surface area contributed by atoms with Crippen molar-refractivity contribution >= 4 is 80.6 Å². The lowest BCUT2D eigenvalue weighted by molar-refractivity contribution is -0.138. The molecule has 0 saturated carbocycles. The van der Waals surface area contributed by atoms with Crippen LogP contribution in [-0.2, 0) is 17.5 Å². The summed E-state index contributed by atoms with van der Waals surface area (Å²) in [6.07, 6.45) is -5.17. The summed E-state index contributed by atoms with van der Waals surface area (Å²) in [5.74, 6) is -2.46. The molecule has 0 bridgehead atoms. The number of carbonyl (C=O) groups excluding carboxylic acids is 3. The second kappa shape index (κ2) is 11.2. The predicted octanol–water partition coefficient (Wildman–Crippen LogP) is 6.94. The Labute approximate surface area is 249 Å². The van der Waals surface area contributed by atoms with Gasteiger partial charge in [0.15, 0.2) is 3.95 Å². The molecular weight excluding hydrogens is 617 g/mol. The van der Waals surface area contributed by atoms with Gasteiger partial charge in [0.1, 0.15) is 0 Å². The van der Waals surface area contributed by atoms with Gasteiger partial charge in [-0.1, -0.05) is 23.7 Å². The van der Waals surface area contributed by atoms with Gasteiger partial charge in [-0.25, -0.2) is 4.79 Å². The van der Waals surface area contributed by atoms with E-state index in [9.17, 15) is 32.3 Å². The number of nitrogens with zero attached hydrogens (tertiary/aromatic N) is 2. The number of thiazole rings is 1. The molecule has 15 heteroatoms. The van der Waals surface area contributed by atoms with Gasteiger partial charge in [0.05, 0.1) is 50.6 Å². The number of fused-ring (bicyclic) bond motifs is 2. The Morgan fingerprint density at radius 2 is 1.81 bits per heavy atom. The van der Waals surface area contributed by atoms with Crippen LogP contribution in [0, 0.1) is 3.95 Å². The molecule has 0 radical (unpaired) electrons. The summed E-state index contributed by atoms with van der Waals surface area (Å²) < 4.78 is 41.5. The number of carboxylic acids is 1. The van der Waals surface area contributed by atoms with Crippen molar-refractivity contribution in [3.63, 3.8) is 0 Å². The number of aliphatic carboxylic acids is 1. The minimum absolute atomic E-state index is 0.0453. The topological polar surface area (TPSA) is 123 Å². The third kappa shape index (κ3) is 5.73. The highest BCUT2D eigenvalue weighted by atomic mass is 35.5. The normalized spacial score (nSPS) is 13.0. The number of hydrogen-bond acceptors (Lipinski definition) is 6. The fraction of sp³-hybridized carbons (Fsp3) is 0.148. The lowest BCUT2D eigenvalue weighted by Crippen LogP contribution is -2.35. The largest absolute Gasteiger partial charge is 0.481 e. The number of rotatable bonds is 7. The summed E-state index contributed by atoms with van der Waals surface area (Å²) in [4.78, 5) is 55.3. The Morgan fingerprint density at radius 1 is 1.07 bits per heavy atom. The van der Waals surface area contributed by atoms with Crippen LogP contribution in [0.3, 0.4) is 0 Å². The second-order valence-electron chi connectivity index (χ2n) is 9.16. The van der Waals surface area contributed by atoms with Crippen molar-refractivity contribution in [3.05, 3.63) is 85.8 Å². The maximum absolute atomic E-state index is 13.6. The smallest absolute Gasteiger partial charge is 0.417 e. The Morgan fingerprint density at radius 3 is 2.52 bits per heavy atom. The van der Waals surface area contributed by atoms with Gasteiger partial charge in [0, 0.05) is 12.2 Å². The number of nitrogens with one attached hydrogen (secondary N) is 2. The van der Waals surface area contributed by atoms with Gasteiger partial charge in [-0.05, 0) is 60.2 Å². The lowest BCUT2D eigenvalue weighted by Gasteiger charge is -2.24. The van der Waals surface area contributed by atoms with Crippen molar-refractivity contribution in [2.45, 2.75) is 19.1 Å². The number of urea groups is 1. The standard InChI is InChI=1S/C27H18ClF3N4O5S2/c28-18-7-5-14(11-17(18)27(29,30)31)32-25(40)35(19-2-1-3-20-22(19)33-26(41)42-20)12-13-4-6-15-16(10-13)24(39)34(23(15)38)9-8-21(36)37/h1-7,10-11H,8-9,12H2,(H,32,40)(H,33,41)(H,36,37). The van der Waals surface area contributed by atoms with Crippen LogP contribution < -0.4 is 10.2 Å². The molecule has 0 fully saturated rings. The van der Waals surface area contributed by atoms with E-state index >= 15 is 0 Å². The van der Waals surface area contributed by atoms with Crippen molar-refractivity contribution in [2.24, 2.45) is 0 Å². The number of aromatic nitrogens is 1. The summed E-state index contributed by atoms with van der Waals surface area (Å²) in [7, 11) is 0. The van der Waals surface area contributed by atoms with Gasteiger partial charge in [0.25, 0.3) is 11.8 Å². The highest BCUT2D eigenvalue weighted by molar-refractivity contribution is 7.73. The highest BCUT2D eigenvalue weighted by Gasteiger charge is 2.36. The Hall–Kier alpha value is -4.27. The van der Waals surface area contributed by atoms with Crippen LogP contribution in [0.5, 0.6) is 0 Å². The molecule has 5 rings (SSSR count). The van der Waals surface area contributed by atoms with Gasteiger partial charge in [-0.2, -0.15) is 13.2 Å². The van der Waals surface area contributed by atoms with Gasteiger partial charge >= 0.3 is 18.2 Å². The first-order chi connectivity index (χ1) is 19.8. The number of imide groups is 1. The van der Waals surface area contributed by atoms with Crippen LogP contribution >= 0.6 is 35.2 Å². The van der Waals surface area contributed by atoms with Crippen LogP contribution in [-0.4, -0.2) is 45.3 Å². The molecule has 1 aliphatic heterocycles. The third-order valence-electron chi connectivity index (χ3n) is 6.42. The van der Waals surface area contributed by atoms with Crippen LogP contribution in [0.1, 0.15) is 38.3 Å². The first-order valence-electron chi connectivity index (χ1n) is 12.1. The predicted molar refractivity (Wildman–Crippen MR) is 153 cm³/mol. The van der Waals surface area contributed by atoms with Gasteiger partial charge in [-0.15, -0.1) is 11.3 Å². The molecule has 9 nitrogen and oxygen atoms in total. The number of benzene rings is 3. The SMILES string of the molecule is O=C(O)CCN1C(=O)c2ccc(CN(C(=O)Nc3ccc(Cl)c(C(F)(F)F)c3)c3cccc4sc(=S)[nH]c34)cc2C1=O. The molecule has 216 valence electrons. The van der Waals surface area contributed by atoms with Gasteiger partial charge in [-0.3, -0.25) is 24.2 Å². The molecule has 0 saturated heterocycles. The quantitative estimate of drug-likeness (QED) is 0.150. The lowest BCUT2D eigenvalue weighted by atomic mass is 10.1. The van der Waals surface area contributed by atoms with E-state index in [0.717, 1.165) is 21.7 Å². The van der Waals surface area contributed by atoms with E-state index in [1.807, 2.05) is 0 Å². The summed E-state index contributed by atoms with van der Waals surface area (Å²) in [5.41, 5.74) is 0.153. The molecule has 3 N–H and O–H groups in total. The number of amides is 4. The average Bonchev–Trinajstić information content (AvgIpc) is 3.42. The summed E-state index contributed by atoms with van der Waals surface area (Å²) in [5, 5.41) is 10.9. The van der Waals surface area contributed by atoms with Gasteiger partial charge < -0.3 is 15.4 Å². The van der Waals surface area contributed by atoms with Crippen LogP contribution in [0.2, 0.25) is 5.02 Å². The Bertz CT molecular complexity index is 1840. The Balaban J connectivity index is 1.51. The molecule has 0 atom stereocenters. The number of halogens is 4. The van der Waals surface area contributed by atoms with E-state index in [0.29, 0.717) is 20.7 Å². The zero-order chi connectivity index (χ0) is 30.3. The number of H-pyrrole nitrogens is 1. The van der Waals surface area contributed by atoms with Crippen LogP contribution in [0.25, 0.3) is 10.2 Å². The number of aromatic amines is 1. The third-order valence-corrected chi connectivity index (χ3v) is 7.95. The monoisotopic (exact) mass is 634 g/mol. The number of hydrogen-bond donors (Lipinski definition) is 3. The minimum atomic E-state index is -4.75. The molecular formula is C27H18ClF3N4O5S2. The molecule has 1 aliphatic rings. The van der Waals surface area contributed by atoms with Gasteiger partial charge in [0.2, 0.25) is 0 Å².